The summed E-state index contributed by atoms with van der Waals surface area (Å²) in [5, 5.41) is 9.54. The lowest BCUT2D eigenvalue weighted by Gasteiger charge is -2.32. The number of halogens is 9. The Morgan fingerprint density at radius 2 is 1.40 bits per heavy atom. The number of hydrogen-bond donors (Lipinski definition) is 1. The average Bonchev–Trinajstić information content (AvgIpc) is 2.47. The van der Waals surface area contributed by atoms with E-state index in [4.69, 9.17) is 5.26 Å². The van der Waals surface area contributed by atoms with E-state index in [1.807, 2.05) is 0 Å². The highest BCUT2D eigenvalue weighted by Crippen LogP contribution is 2.53. The smallest absolute Gasteiger partial charge is 0.321 e. The van der Waals surface area contributed by atoms with E-state index in [9.17, 15) is 44.3 Å². The fraction of sp³-hybridized carbons (Fsp3) is 0.385. The van der Waals surface area contributed by atoms with E-state index in [1.54, 1.807) is 6.07 Å². The summed E-state index contributed by atoms with van der Waals surface area (Å²) in [7, 11) is 0. The molecule has 1 N–H and O–H groups in total. The molecule has 0 aliphatic carbocycles. The molecule has 0 heterocycles. The molecule has 1 amide bonds. The van der Waals surface area contributed by atoms with Crippen molar-refractivity contribution in [1.82, 2.24) is 0 Å². The van der Waals surface area contributed by atoms with Crippen LogP contribution in [0.3, 0.4) is 0 Å². The molecule has 0 unspecified atom stereocenters. The Morgan fingerprint density at radius 3 is 1.80 bits per heavy atom. The monoisotopic (exact) mass is 378 g/mol. The molecule has 0 aromatic heterocycles. The van der Waals surface area contributed by atoms with E-state index in [-0.39, 0.29) is 6.42 Å². The lowest BCUT2D eigenvalue weighted by molar-refractivity contribution is -0.388. The zero-order valence-electron chi connectivity index (χ0n) is 11.8. The first kappa shape index (κ1) is 20.6. The number of nitriles is 1. The first-order valence-electron chi connectivity index (χ1n) is 6.16. The highest BCUT2D eigenvalue weighted by atomic mass is 19.4. The molecule has 1 aromatic rings. The lowest BCUT2D eigenvalue weighted by Crippen LogP contribution is -2.64. The first-order chi connectivity index (χ1) is 11.2. The van der Waals surface area contributed by atoms with Crippen LogP contribution in [0.25, 0.3) is 0 Å². The zero-order chi connectivity index (χ0) is 19.7. The minimum Gasteiger partial charge on any atom is -0.321 e. The van der Waals surface area contributed by atoms with Gasteiger partial charge in [0.15, 0.2) is 0 Å². The molecule has 0 radical (unpaired) electrons. The SMILES string of the molecule is N#CCc1ccc(NC(=O)C(F)(F)C(F)(F)C(F)(F)C(F)(F)F)cc1. The zero-order valence-corrected chi connectivity index (χ0v) is 11.8. The van der Waals surface area contributed by atoms with Gasteiger partial charge in [0, 0.05) is 5.69 Å². The molecule has 0 spiro atoms. The van der Waals surface area contributed by atoms with E-state index in [2.05, 4.69) is 0 Å². The van der Waals surface area contributed by atoms with Gasteiger partial charge in [-0.1, -0.05) is 12.1 Å². The van der Waals surface area contributed by atoms with Gasteiger partial charge in [-0.3, -0.25) is 4.79 Å². The normalized spacial score (nSPS) is 13.3. The number of hydrogen-bond acceptors (Lipinski definition) is 2. The van der Waals surface area contributed by atoms with Crippen molar-refractivity contribution in [3.63, 3.8) is 0 Å². The van der Waals surface area contributed by atoms with Crippen LogP contribution in [0.1, 0.15) is 5.56 Å². The van der Waals surface area contributed by atoms with Gasteiger partial charge in [-0.05, 0) is 17.7 Å². The molecule has 0 saturated carbocycles. The molecule has 0 aliphatic heterocycles. The van der Waals surface area contributed by atoms with E-state index in [0.717, 1.165) is 29.6 Å². The van der Waals surface area contributed by atoms with Crippen molar-refractivity contribution in [2.75, 3.05) is 5.32 Å². The van der Waals surface area contributed by atoms with Gasteiger partial charge in [0.2, 0.25) is 0 Å². The molecule has 138 valence electrons. The minimum atomic E-state index is -7.14. The first-order valence-corrected chi connectivity index (χ1v) is 6.16. The summed E-state index contributed by atoms with van der Waals surface area (Å²) in [5.74, 6) is -23.6. The number of amides is 1. The van der Waals surface area contributed by atoms with Crippen LogP contribution in [-0.4, -0.2) is 29.9 Å². The number of nitrogens with zero attached hydrogens (tertiary/aromatic N) is 1. The summed E-state index contributed by atoms with van der Waals surface area (Å²) in [5.41, 5.74) is -0.223. The Labute approximate surface area is 134 Å². The van der Waals surface area contributed by atoms with Crippen molar-refractivity contribution in [2.24, 2.45) is 0 Å². The highest BCUT2D eigenvalue weighted by Gasteiger charge is 2.83. The maximum atomic E-state index is 13.3. The molecule has 1 aromatic carbocycles. The summed E-state index contributed by atoms with van der Waals surface area (Å²) in [6.45, 7) is 0. The van der Waals surface area contributed by atoms with Gasteiger partial charge in [-0.25, -0.2) is 0 Å². The van der Waals surface area contributed by atoms with E-state index in [0.29, 0.717) is 5.56 Å². The number of anilines is 1. The predicted molar refractivity (Wildman–Crippen MR) is 65.3 cm³/mol. The van der Waals surface area contributed by atoms with Crippen LogP contribution in [0.5, 0.6) is 0 Å². The standard InChI is InChI=1S/C13H7F9N2O/c14-10(15,11(16,17)12(18,19)13(20,21)22)9(25)24-8-3-1-7(2-4-8)5-6-23/h1-4H,5H2,(H,24,25). The van der Waals surface area contributed by atoms with Gasteiger partial charge in [-0.2, -0.15) is 44.8 Å². The second-order valence-electron chi connectivity index (χ2n) is 4.71. The van der Waals surface area contributed by atoms with Crippen molar-refractivity contribution in [1.29, 1.82) is 5.26 Å². The number of alkyl halides is 9. The number of benzene rings is 1. The fourth-order valence-corrected chi connectivity index (χ4v) is 1.52. The van der Waals surface area contributed by atoms with E-state index in [1.165, 1.54) is 0 Å². The van der Waals surface area contributed by atoms with Crippen molar-refractivity contribution in [3.05, 3.63) is 29.8 Å². The summed E-state index contributed by atoms with van der Waals surface area (Å²) in [6.07, 6.45) is -7.11. The van der Waals surface area contributed by atoms with Crippen LogP contribution in [0.15, 0.2) is 24.3 Å². The van der Waals surface area contributed by atoms with Crippen molar-refractivity contribution in [3.8, 4) is 6.07 Å². The van der Waals surface area contributed by atoms with Crippen molar-refractivity contribution < 1.29 is 44.3 Å². The van der Waals surface area contributed by atoms with Gasteiger partial charge in [0.25, 0.3) is 0 Å². The third kappa shape index (κ3) is 3.64. The second-order valence-corrected chi connectivity index (χ2v) is 4.71. The summed E-state index contributed by atoms with van der Waals surface area (Å²) < 4.78 is 114. The van der Waals surface area contributed by atoms with Crippen LogP contribution < -0.4 is 5.32 Å². The summed E-state index contributed by atoms with van der Waals surface area (Å²) in [6, 6.07) is 5.72. The molecule has 0 atom stereocenters. The van der Waals surface area contributed by atoms with Crippen molar-refractivity contribution in [2.45, 2.75) is 30.4 Å². The Morgan fingerprint density at radius 1 is 0.920 bits per heavy atom. The number of carbonyl (C=O) groups is 1. The van der Waals surface area contributed by atoms with Crippen LogP contribution in [0, 0.1) is 11.3 Å². The van der Waals surface area contributed by atoms with Crippen LogP contribution >= 0.6 is 0 Å². The summed E-state index contributed by atoms with van der Waals surface area (Å²) >= 11 is 0. The highest BCUT2D eigenvalue weighted by molar-refractivity contribution is 5.97. The molecule has 12 heteroatoms. The molecule has 1 rings (SSSR count). The second kappa shape index (κ2) is 6.45. The van der Waals surface area contributed by atoms with Gasteiger partial charge in [0.05, 0.1) is 12.5 Å². The summed E-state index contributed by atoms with van der Waals surface area (Å²) in [4.78, 5) is 11.2. The van der Waals surface area contributed by atoms with Gasteiger partial charge >= 0.3 is 29.9 Å². The topological polar surface area (TPSA) is 52.9 Å². The number of carbonyl (C=O) groups excluding carboxylic acids is 1. The Kier molecular flexibility index (Phi) is 5.32. The van der Waals surface area contributed by atoms with Gasteiger partial charge in [0.1, 0.15) is 0 Å². The van der Waals surface area contributed by atoms with Crippen LogP contribution in [-0.2, 0) is 11.2 Å². The molecule has 0 saturated heterocycles. The van der Waals surface area contributed by atoms with Crippen LogP contribution in [0.4, 0.5) is 45.2 Å². The van der Waals surface area contributed by atoms with Crippen molar-refractivity contribution >= 4 is 11.6 Å². The van der Waals surface area contributed by atoms with E-state index < -0.39 is 35.5 Å². The van der Waals surface area contributed by atoms with Gasteiger partial charge in [-0.15, -0.1) is 0 Å². The molecule has 0 aliphatic rings. The van der Waals surface area contributed by atoms with E-state index >= 15 is 0 Å². The molecule has 0 fully saturated rings. The number of nitrogens with one attached hydrogen (secondary N) is 1. The van der Waals surface area contributed by atoms with Crippen LogP contribution in [0.2, 0.25) is 0 Å². The number of rotatable bonds is 5. The molecular formula is C13H7F9N2O. The third-order valence-corrected chi connectivity index (χ3v) is 2.92. The average molecular weight is 378 g/mol. The Hall–Kier alpha value is -2.45. The third-order valence-electron chi connectivity index (χ3n) is 2.92. The largest absolute Gasteiger partial charge is 0.460 e. The Bertz CT molecular complexity index is 674. The minimum absolute atomic E-state index is 0.111. The maximum absolute atomic E-state index is 13.3. The quantitative estimate of drug-likeness (QED) is 0.783. The molecule has 0 bridgehead atoms. The maximum Gasteiger partial charge on any atom is 0.460 e. The fourth-order valence-electron chi connectivity index (χ4n) is 1.52. The van der Waals surface area contributed by atoms with Gasteiger partial charge < -0.3 is 5.32 Å². The Balaban J connectivity index is 3.08. The predicted octanol–water partition coefficient (Wildman–Crippen LogP) is 4.16. The molecule has 25 heavy (non-hydrogen) atoms. The molecule has 3 nitrogen and oxygen atoms in total. The molecular weight excluding hydrogens is 371 g/mol. The lowest BCUT2D eigenvalue weighted by atomic mass is 10.0.